The maximum atomic E-state index is 11.9. The maximum Gasteiger partial charge on any atom is 0.389 e. The van der Waals surface area contributed by atoms with E-state index in [1.165, 1.54) is 4.68 Å². The Morgan fingerprint density at radius 3 is 2.62 bits per heavy atom. The first-order valence-electron chi connectivity index (χ1n) is 5.18. The zero-order chi connectivity index (χ0) is 12.2. The molecule has 1 heterocycles. The van der Waals surface area contributed by atoms with Crippen LogP contribution in [0.2, 0.25) is 0 Å². The van der Waals surface area contributed by atoms with Gasteiger partial charge in [0, 0.05) is 13.0 Å². The Morgan fingerprint density at radius 1 is 1.38 bits per heavy atom. The van der Waals surface area contributed by atoms with Gasteiger partial charge < -0.3 is 5.73 Å². The van der Waals surface area contributed by atoms with Crippen molar-refractivity contribution in [3.63, 3.8) is 0 Å². The molecule has 0 unspecified atom stereocenters. The lowest BCUT2D eigenvalue weighted by Gasteiger charge is -2.07. The summed E-state index contributed by atoms with van der Waals surface area (Å²) < 4.78 is 37.3. The molecule has 7 heteroatoms. The van der Waals surface area contributed by atoms with Crippen LogP contribution in [-0.4, -0.2) is 21.2 Å². The second kappa shape index (κ2) is 5.18. The van der Waals surface area contributed by atoms with Gasteiger partial charge >= 0.3 is 6.18 Å². The number of rotatable bonds is 5. The third kappa shape index (κ3) is 3.71. The van der Waals surface area contributed by atoms with Gasteiger partial charge in [0.1, 0.15) is 0 Å². The molecule has 0 spiro atoms. The van der Waals surface area contributed by atoms with Gasteiger partial charge in [-0.2, -0.15) is 13.2 Å². The van der Waals surface area contributed by atoms with Crippen molar-refractivity contribution in [2.75, 3.05) is 5.73 Å². The van der Waals surface area contributed by atoms with Crippen molar-refractivity contribution in [1.82, 2.24) is 15.0 Å². The molecule has 0 saturated heterocycles. The number of halogens is 3. The molecule has 0 radical (unpaired) electrons. The molecule has 1 rings (SSSR count). The number of alkyl halides is 3. The highest BCUT2D eigenvalue weighted by Gasteiger charge is 2.26. The number of nitrogens with two attached hydrogens (primary N) is 1. The molecule has 0 fully saturated rings. The van der Waals surface area contributed by atoms with Gasteiger partial charge in [-0.15, -0.1) is 5.10 Å². The molecule has 0 aliphatic carbocycles. The zero-order valence-electron chi connectivity index (χ0n) is 9.09. The summed E-state index contributed by atoms with van der Waals surface area (Å²) in [5.74, 6) is 0.314. The number of nitrogens with zero attached hydrogens (tertiary/aromatic N) is 3. The molecular formula is C9H15F3N4. The third-order valence-electron chi connectivity index (χ3n) is 2.18. The summed E-state index contributed by atoms with van der Waals surface area (Å²) >= 11 is 0. The van der Waals surface area contributed by atoms with E-state index in [0.29, 0.717) is 12.2 Å². The Kier molecular flexibility index (Phi) is 4.14. The molecule has 0 aliphatic rings. The summed E-state index contributed by atoms with van der Waals surface area (Å²) in [6.07, 6.45) is -3.37. The number of hydrogen-bond donors (Lipinski definition) is 1. The third-order valence-corrected chi connectivity index (χ3v) is 2.18. The summed E-state index contributed by atoms with van der Waals surface area (Å²) in [5, 5.41) is 7.39. The average molecular weight is 236 g/mol. The van der Waals surface area contributed by atoms with Crippen molar-refractivity contribution in [3.05, 3.63) is 5.69 Å². The second-order valence-corrected chi connectivity index (χ2v) is 3.61. The molecule has 1 aromatic rings. The first-order valence-corrected chi connectivity index (χ1v) is 5.18. The van der Waals surface area contributed by atoms with Crippen LogP contribution >= 0.6 is 0 Å². The first kappa shape index (κ1) is 12.8. The standard InChI is InChI=1S/C9H15F3N4/c1-2-4-7-8(13)14-15-16(7)6-3-5-9(10,11)12/h2-6,13H2,1H3. The molecule has 0 aromatic carbocycles. The minimum Gasteiger partial charge on any atom is -0.381 e. The normalized spacial score (nSPS) is 12.0. The van der Waals surface area contributed by atoms with Crippen LogP contribution in [0.3, 0.4) is 0 Å². The van der Waals surface area contributed by atoms with E-state index in [1.54, 1.807) is 0 Å². The van der Waals surface area contributed by atoms with Gasteiger partial charge in [-0.3, -0.25) is 0 Å². The fourth-order valence-corrected chi connectivity index (χ4v) is 1.45. The van der Waals surface area contributed by atoms with E-state index < -0.39 is 12.6 Å². The highest BCUT2D eigenvalue weighted by Crippen LogP contribution is 2.22. The van der Waals surface area contributed by atoms with Crippen molar-refractivity contribution < 1.29 is 13.2 Å². The molecular weight excluding hydrogens is 221 g/mol. The van der Waals surface area contributed by atoms with Crippen LogP contribution in [0.5, 0.6) is 0 Å². The Balaban J connectivity index is 2.53. The Labute approximate surface area is 91.6 Å². The topological polar surface area (TPSA) is 56.7 Å². The summed E-state index contributed by atoms with van der Waals surface area (Å²) in [7, 11) is 0. The van der Waals surface area contributed by atoms with E-state index in [4.69, 9.17) is 5.73 Å². The van der Waals surface area contributed by atoms with Crippen molar-refractivity contribution >= 4 is 5.82 Å². The predicted octanol–water partition coefficient (Wildman–Crippen LogP) is 2.16. The fourth-order valence-electron chi connectivity index (χ4n) is 1.45. The number of hydrogen-bond acceptors (Lipinski definition) is 3. The Morgan fingerprint density at radius 2 is 2.06 bits per heavy atom. The molecule has 0 bridgehead atoms. The van der Waals surface area contributed by atoms with E-state index in [1.807, 2.05) is 6.92 Å². The molecule has 92 valence electrons. The SMILES string of the molecule is CCCc1c(N)nnn1CCCC(F)(F)F. The average Bonchev–Trinajstić information content (AvgIpc) is 2.48. The highest BCUT2D eigenvalue weighted by molar-refractivity contribution is 5.32. The summed E-state index contributed by atoms with van der Waals surface area (Å²) in [4.78, 5) is 0. The van der Waals surface area contributed by atoms with Gasteiger partial charge in [0.15, 0.2) is 5.82 Å². The Hall–Kier alpha value is -1.27. The smallest absolute Gasteiger partial charge is 0.381 e. The molecule has 16 heavy (non-hydrogen) atoms. The lowest BCUT2D eigenvalue weighted by molar-refractivity contribution is -0.136. The van der Waals surface area contributed by atoms with Gasteiger partial charge in [0.25, 0.3) is 0 Å². The molecule has 4 nitrogen and oxygen atoms in total. The maximum absolute atomic E-state index is 11.9. The monoisotopic (exact) mass is 236 g/mol. The van der Waals surface area contributed by atoms with E-state index in [-0.39, 0.29) is 13.0 Å². The van der Waals surface area contributed by atoms with Crippen molar-refractivity contribution in [1.29, 1.82) is 0 Å². The Bertz CT molecular complexity index is 332. The van der Waals surface area contributed by atoms with Crippen LogP contribution in [0.1, 0.15) is 31.9 Å². The molecule has 0 atom stereocenters. The summed E-state index contributed by atoms with van der Waals surface area (Å²) in [5.41, 5.74) is 6.29. The minimum atomic E-state index is -4.11. The zero-order valence-corrected chi connectivity index (χ0v) is 9.09. The van der Waals surface area contributed by atoms with Crippen LogP contribution in [-0.2, 0) is 13.0 Å². The van der Waals surface area contributed by atoms with Crippen LogP contribution in [0, 0.1) is 0 Å². The van der Waals surface area contributed by atoms with Crippen LogP contribution in [0.25, 0.3) is 0 Å². The lowest BCUT2D eigenvalue weighted by Crippen LogP contribution is -2.11. The molecule has 0 amide bonds. The minimum absolute atomic E-state index is 0.00299. The largest absolute Gasteiger partial charge is 0.389 e. The van der Waals surface area contributed by atoms with E-state index in [9.17, 15) is 13.2 Å². The van der Waals surface area contributed by atoms with Crippen molar-refractivity contribution in [3.8, 4) is 0 Å². The summed E-state index contributed by atoms with van der Waals surface area (Å²) in [6, 6.07) is 0. The van der Waals surface area contributed by atoms with Crippen LogP contribution < -0.4 is 5.73 Å². The molecule has 0 aliphatic heterocycles. The first-order chi connectivity index (χ1) is 7.44. The number of anilines is 1. The van der Waals surface area contributed by atoms with Gasteiger partial charge in [-0.25, -0.2) is 4.68 Å². The van der Waals surface area contributed by atoms with Crippen LogP contribution in [0.15, 0.2) is 0 Å². The highest BCUT2D eigenvalue weighted by atomic mass is 19.4. The second-order valence-electron chi connectivity index (χ2n) is 3.61. The van der Waals surface area contributed by atoms with E-state index >= 15 is 0 Å². The predicted molar refractivity (Wildman–Crippen MR) is 53.7 cm³/mol. The molecule has 0 saturated carbocycles. The number of aryl methyl sites for hydroxylation is 1. The van der Waals surface area contributed by atoms with E-state index in [2.05, 4.69) is 10.3 Å². The molecule has 1 aromatic heterocycles. The fraction of sp³-hybridized carbons (Fsp3) is 0.778. The van der Waals surface area contributed by atoms with Gasteiger partial charge in [-0.1, -0.05) is 18.6 Å². The summed E-state index contributed by atoms with van der Waals surface area (Å²) in [6.45, 7) is 2.17. The lowest BCUT2D eigenvalue weighted by atomic mass is 10.2. The van der Waals surface area contributed by atoms with E-state index in [0.717, 1.165) is 12.1 Å². The number of nitrogen functional groups attached to an aromatic ring is 1. The quantitative estimate of drug-likeness (QED) is 0.852. The van der Waals surface area contributed by atoms with Crippen LogP contribution in [0.4, 0.5) is 19.0 Å². The molecule has 2 N–H and O–H groups in total. The van der Waals surface area contributed by atoms with Gasteiger partial charge in [0.2, 0.25) is 0 Å². The van der Waals surface area contributed by atoms with Crippen molar-refractivity contribution in [2.45, 2.75) is 45.3 Å². The van der Waals surface area contributed by atoms with Crippen molar-refractivity contribution in [2.24, 2.45) is 0 Å². The number of aromatic nitrogens is 3. The van der Waals surface area contributed by atoms with Gasteiger partial charge in [0.05, 0.1) is 5.69 Å². The van der Waals surface area contributed by atoms with Gasteiger partial charge in [-0.05, 0) is 12.8 Å².